The summed E-state index contributed by atoms with van der Waals surface area (Å²) in [7, 11) is 0. The largest absolute Gasteiger partial charge is 0.273 e. The minimum absolute atomic E-state index is 0.363. The van der Waals surface area contributed by atoms with Crippen LogP contribution in [0.25, 0.3) is 0 Å². The van der Waals surface area contributed by atoms with Gasteiger partial charge >= 0.3 is 0 Å². The van der Waals surface area contributed by atoms with Crippen LogP contribution in [0.15, 0.2) is 36.7 Å². The minimum atomic E-state index is -0.363. The van der Waals surface area contributed by atoms with Gasteiger partial charge < -0.3 is 0 Å². The molecular weight excluding hydrogens is 234 g/mol. The van der Waals surface area contributed by atoms with Crippen LogP contribution in [0.3, 0.4) is 0 Å². The normalized spacial score (nSPS) is 21.1. The van der Waals surface area contributed by atoms with E-state index in [4.69, 9.17) is 0 Å². The lowest BCUT2D eigenvalue weighted by molar-refractivity contribution is 0.540. The van der Waals surface area contributed by atoms with Crippen molar-refractivity contribution in [3.8, 4) is 6.07 Å². The number of hydrogen-bond donors (Lipinski definition) is 0. The summed E-state index contributed by atoms with van der Waals surface area (Å²) in [6, 6.07) is 10.9. The van der Waals surface area contributed by atoms with Gasteiger partial charge in [-0.15, -0.1) is 0 Å². The van der Waals surface area contributed by atoms with Gasteiger partial charge in [-0.25, -0.2) is 0 Å². The molecule has 1 atom stereocenters. The van der Waals surface area contributed by atoms with Gasteiger partial charge in [0.15, 0.2) is 0 Å². The lowest BCUT2D eigenvalue weighted by atomic mass is 9.78. The average Bonchev–Trinajstić information content (AvgIpc) is 3.05. The van der Waals surface area contributed by atoms with Crippen molar-refractivity contribution in [1.29, 1.82) is 5.26 Å². The highest BCUT2D eigenvalue weighted by Crippen LogP contribution is 2.40. The van der Waals surface area contributed by atoms with Crippen LogP contribution in [0.1, 0.15) is 30.0 Å². The highest BCUT2D eigenvalue weighted by molar-refractivity contribution is 5.45. The summed E-state index contributed by atoms with van der Waals surface area (Å²) in [5, 5.41) is 14.0. The summed E-state index contributed by atoms with van der Waals surface area (Å²) >= 11 is 0. The summed E-state index contributed by atoms with van der Waals surface area (Å²) in [4.78, 5) is 0. The van der Waals surface area contributed by atoms with Gasteiger partial charge in [0, 0.05) is 12.7 Å². The number of fused-ring (bicyclic) bond motifs is 1. The van der Waals surface area contributed by atoms with E-state index in [1.54, 1.807) is 0 Å². The fourth-order valence-electron chi connectivity index (χ4n) is 3.05. The molecule has 3 heteroatoms. The molecule has 0 aliphatic heterocycles. The number of aryl methyl sites for hydroxylation is 2. The van der Waals surface area contributed by atoms with Crippen molar-refractivity contribution in [3.63, 3.8) is 0 Å². The number of aromatic nitrogens is 2. The third-order valence-corrected chi connectivity index (χ3v) is 4.08. The maximum absolute atomic E-state index is 9.71. The molecule has 1 aromatic heterocycles. The molecule has 2 aromatic rings. The predicted octanol–water partition coefficient (Wildman–Crippen LogP) is 2.85. The third kappa shape index (κ3) is 1.94. The summed E-state index contributed by atoms with van der Waals surface area (Å²) in [5.74, 6) is 0. The van der Waals surface area contributed by atoms with Crippen LogP contribution >= 0.6 is 0 Å². The summed E-state index contributed by atoms with van der Waals surface area (Å²) < 4.78 is 1.92. The first-order chi connectivity index (χ1) is 9.27. The molecule has 0 N–H and O–H groups in total. The highest BCUT2D eigenvalue weighted by atomic mass is 15.3. The molecular formula is C16H17N3. The first kappa shape index (κ1) is 12.0. The van der Waals surface area contributed by atoms with Crippen LogP contribution in [0.5, 0.6) is 0 Å². The first-order valence-electron chi connectivity index (χ1n) is 6.78. The molecule has 0 saturated carbocycles. The predicted molar refractivity (Wildman–Crippen MR) is 73.7 cm³/mol. The number of rotatable bonds is 3. The zero-order chi connectivity index (χ0) is 13.3. The molecule has 0 radical (unpaired) electrons. The molecule has 0 amide bonds. The molecule has 1 heterocycles. The van der Waals surface area contributed by atoms with Gasteiger partial charge in [0.2, 0.25) is 0 Å². The molecule has 0 fully saturated rings. The Bertz CT molecular complexity index is 635. The Morgan fingerprint density at radius 1 is 1.42 bits per heavy atom. The van der Waals surface area contributed by atoms with E-state index in [0.29, 0.717) is 0 Å². The quantitative estimate of drug-likeness (QED) is 0.841. The number of hydrogen-bond acceptors (Lipinski definition) is 2. The molecule has 3 nitrogen and oxygen atoms in total. The SMILES string of the molecule is CCn1cc(CC2(C#N)CCc3ccccc32)cn1. The average molecular weight is 251 g/mol. The van der Waals surface area contributed by atoms with E-state index >= 15 is 0 Å². The second kappa shape index (κ2) is 4.55. The van der Waals surface area contributed by atoms with Crippen molar-refractivity contribution in [2.24, 2.45) is 0 Å². The van der Waals surface area contributed by atoms with Crippen molar-refractivity contribution in [1.82, 2.24) is 9.78 Å². The van der Waals surface area contributed by atoms with Crippen LogP contribution < -0.4 is 0 Å². The van der Waals surface area contributed by atoms with Crippen molar-refractivity contribution in [3.05, 3.63) is 53.3 Å². The summed E-state index contributed by atoms with van der Waals surface area (Å²) in [5.41, 5.74) is 3.33. The fourth-order valence-corrected chi connectivity index (χ4v) is 3.05. The molecule has 19 heavy (non-hydrogen) atoms. The molecule has 1 unspecified atom stereocenters. The van der Waals surface area contributed by atoms with E-state index in [-0.39, 0.29) is 5.41 Å². The first-order valence-corrected chi connectivity index (χ1v) is 6.78. The van der Waals surface area contributed by atoms with E-state index in [9.17, 15) is 5.26 Å². The second-order valence-electron chi connectivity index (χ2n) is 5.23. The van der Waals surface area contributed by atoms with E-state index in [0.717, 1.165) is 31.4 Å². The minimum Gasteiger partial charge on any atom is -0.273 e. The molecule has 0 bridgehead atoms. The lowest BCUT2D eigenvalue weighted by Gasteiger charge is -2.21. The van der Waals surface area contributed by atoms with Crippen molar-refractivity contribution >= 4 is 0 Å². The van der Waals surface area contributed by atoms with E-state index in [2.05, 4.69) is 42.5 Å². The lowest BCUT2D eigenvalue weighted by Crippen LogP contribution is -2.23. The zero-order valence-electron chi connectivity index (χ0n) is 11.1. The Balaban J connectivity index is 1.96. The number of benzene rings is 1. The molecule has 1 aliphatic carbocycles. The number of nitriles is 1. The standard InChI is InChI=1S/C16H17N3/c1-2-19-11-13(10-18-19)9-16(12-17)8-7-14-5-3-4-6-15(14)16/h3-6,10-11H,2,7-9H2,1H3. The fraction of sp³-hybridized carbons (Fsp3) is 0.375. The zero-order valence-corrected chi connectivity index (χ0v) is 11.1. The van der Waals surface area contributed by atoms with Crippen molar-refractivity contribution in [2.75, 3.05) is 0 Å². The van der Waals surface area contributed by atoms with Crippen molar-refractivity contribution in [2.45, 2.75) is 38.1 Å². The molecule has 0 spiro atoms. The van der Waals surface area contributed by atoms with Gasteiger partial charge in [-0.05, 0) is 42.9 Å². The molecule has 3 rings (SSSR count). The Hall–Kier alpha value is -2.08. The Morgan fingerprint density at radius 3 is 3.00 bits per heavy atom. The monoisotopic (exact) mass is 251 g/mol. The topological polar surface area (TPSA) is 41.6 Å². The van der Waals surface area contributed by atoms with Crippen molar-refractivity contribution < 1.29 is 0 Å². The summed E-state index contributed by atoms with van der Waals surface area (Å²) in [6.07, 6.45) is 6.63. The van der Waals surface area contributed by atoms with Crippen LogP contribution in [0.4, 0.5) is 0 Å². The third-order valence-electron chi connectivity index (χ3n) is 4.08. The number of nitrogens with zero attached hydrogens (tertiary/aromatic N) is 3. The smallest absolute Gasteiger partial charge is 0.0869 e. The highest BCUT2D eigenvalue weighted by Gasteiger charge is 2.39. The second-order valence-corrected chi connectivity index (χ2v) is 5.23. The van der Waals surface area contributed by atoms with E-state index in [1.807, 2.05) is 16.9 Å². The van der Waals surface area contributed by atoms with Crippen LogP contribution in [0, 0.1) is 11.3 Å². The molecule has 96 valence electrons. The van der Waals surface area contributed by atoms with E-state index < -0.39 is 0 Å². The van der Waals surface area contributed by atoms with Gasteiger partial charge in [0.05, 0.1) is 17.7 Å². The Labute approximate surface area is 113 Å². The maximum atomic E-state index is 9.71. The van der Waals surface area contributed by atoms with Crippen LogP contribution in [0.2, 0.25) is 0 Å². The van der Waals surface area contributed by atoms with Gasteiger partial charge in [-0.2, -0.15) is 10.4 Å². The Morgan fingerprint density at radius 2 is 2.26 bits per heavy atom. The Kier molecular flexibility index (Phi) is 2.87. The van der Waals surface area contributed by atoms with Gasteiger partial charge in [0.1, 0.15) is 0 Å². The van der Waals surface area contributed by atoms with Crippen LogP contribution in [-0.2, 0) is 24.8 Å². The summed E-state index contributed by atoms with van der Waals surface area (Å²) in [6.45, 7) is 2.94. The molecule has 0 saturated heterocycles. The molecule has 1 aliphatic rings. The van der Waals surface area contributed by atoms with Gasteiger partial charge in [-0.3, -0.25) is 4.68 Å². The molecule has 1 aromatic carbocycles. The van der Waals surface area contributed by atoms with Crippen LogP contribution in [-0.4, -0.2) is 9.78 Å². The van der Waals surface area contributed by atoms with Gasteiger partial charge in [-0.1, -0.05) is 24.3 Å². The maximum Gasteiger partial charge on any atom is 0.0869 e. The van der Waals surface area contributed by atoms with Gasteiger partial charge in [0.25, 0.3) is 0 Å². The van der Waals surface area contributed by atoms with E-state index in [1.165, 1.54) is 11.1 Å².